The molecule has 0 spiro atoms. The molecule has 37 heavy (non-hydrogen) atoms. The lowest BCUT2D eigenvalue weighted by molar-refractivity contribution is -0.132. The first-order chi connectivity index (χ1) is 17.6. The predicted molar refractivity (Wildman–Crippen MR) is 145 cm³/mol. The number of nitrogens with zero attached hydrogens (tertiary/aromatic N) is 1. The van der Waals surface area contributed by atoms with Gasteiger partial charge in [-0.1, -0.05) is 45.0 Å². The van der Waals surface area contributed by atoms with E-state index in [1.54, 1.807) is 37.4 Å². The van der Waals surface area contributed by atoms with E-state index in [-0.39, 0.29) is 16.7 Å². The van der Waals surface area contributed by atoms with E-state index in [2.05, 4.69) is 0 Å². The fourth-order valence-electron chi connectivity index (χ4n) is 4.70. The molecule has 6 heteroatoms. The summed E-state index contributed by atoms with van der Waals surface area (Å²) in [5.74, 6) is -0.266. The molecule has 0 saturated carbocycles. The van der Waals surface area contributed by atoms with Gasteiger partial charge in [0.25, 0.3) is 11.7 Å². The monoisotopic (exact) mass is 499 g/mol. The summed E-state index contributed by atoms with van der Waals surface area (Å²) < 4.78 is 11.1. The zero-order valence-corrected chi connectivity index (χ0v) is 22.2. The van der Waals surface area contributed by atoms with Gasteiger partial charge in [-0.05, 0) is 72.9 Å². The van der Waals surface area contributed by atoms with Crippen molar-refractivity contribution < 1.29 is 24.2 Å². The molecule has 0 bridgehead atoms. The smallest absolute Gasteiger partial charge is 0.300 e. The maximum Gasteiger partial charge on any atom is 0.300 e. The van der Waals surface area contributed by atoms with Crippen LogP contribution in [-0.4, -0.2) is 30.5 Å². The van der Waals surface area contributed by atoms with Gasteiger partial charge >= 0.3 is 0 Å². The number of methoxy groups -OCH3 is 1. The lowest BCUT2D eigenvalue weighted by atomic mass is 9.84. The summed E-state index contributed by atoms with van der Waals surface area (Å²) in [5.41, 5.74) is 3.33. The maximum absolute atomic E-state index is 13.5. The molecule has 1 fully saturated rings. The Kier molecular flexibility index (Phi) is 7.12. The third kappa shape index (κ3) is 4.96. The summed E-state index contributed by atoms with van der Waals surface area (Å²) in [6.07, 6.45) is 0. The molecule has 0 aromatic heterocycles. The van der Waals surface area contributed by atoms with Crippen LogP contribution in [0.5, 0.6) is 11.5 Å². The highest BCUT2D eigenvalue weighted by atomic mass is 16.5. The molecule has 1 saturated heterocycles. The predicted octanol–water partition coefficient (Wildman–Crippen LogP) is 6.33. The van der Waals surface area contributed by atoms with E-state index in [1.807, 2.05) is 71.0 Å². The molecule has 1 N–H and O–H groups in total. The average molecular weight is 500 g/mol. The van der Waals surface area contributed by atoms with Gasteiger partial charge in [0.1, 0.15) is 17.3 Å². The molecule has 6 nitrogen and oxygen atoms in total. The van der Waals surface area contributed by atoms with E-state index in [9.17, 15) is 14.7 Å². The van der Waals surface area contributed by atoms with E-state index in [0.717, 1.165) is 11.1 Å². The Morgan fingerprint density at radius 3 is 2.30 bits per heavy atom. The first kappa shape index (κ1) is 26.0. The first-order valence-corrected chi connectivity index (χ1v) is 12.4. The zero-order chi connectivity index (χ0) is 26.9. The van der Waals surface area contributed by atoms with Crippen LogP contribution >= 0.6 is 0 Å². The highest BCUT2D eigenvalue weighted by molar-refractivity contribution is 6.51. The molecule has 0 aliphatic carbocycles. The number of aryl methyl sites for hydroxylation is 1. The van der Waals surface area contributed by atoms with Crippen LogP contribution in [0.3, 0.4) is 0 Å². The van der Waals surface area contributed by atoms with Crippen molar-refractivity contribution in [3.05, 3.63) is 94.6 Å². The molecular weight excluding hydrogens is 466 g/mol. The Morgan fingerprint density at radius 1 is 1.00 bits per heavy atom. The van der Waals surface area contributed by atoms with E-state index in [4.69, 9.17) is 9.47 Å². The number of rotatable bonds is 6. The molecule has 4 rings (SSSR count). The number of ether oxygens (including phenoxy) is 2. The summed E-state index contributed by atoms with van der Waals surface area (Å²) in [5, 5.41) is 11.6. The second kappa shape index (κ2) is 10.1. The van der Waals surface area contributed by atoms with E-state index >= 15 is 0 Å². The van der Waals surface area contributed by atoms with Crippen molar-refractivity contribution in [3.8, 4) is 11.5 Å². The largest absolute Gasteiger partial charge is 0.507 e. The summed E-state index contributed by atoms with van der Waals surface area (Å²) >= 11 is 0. The van der Waals surface area contributed by atoms with Crippen molar-refractivity contribution in [1.82, 2.24) is 0 Å². The molecule has 192 valence electrons. The molecule has 1 amide bonds. The van der Waals surface area contributed by atoms with Crippen LogP contribution in [0.15, 0.2) is 72.3 Å². The van der Waals surface area contributed by atoms with Crippen molar-refractivity contribution in [2.24, 2.45) is 0 Å². The van der Waals surface area contributed by atoms with Gasteiger partial charge in [-0.2, -0.15) is 0 Å². The number of aliphatic hydroxyl groups excluding tert-OH is 1. The SMILES string of the molecule is CCOc1ccc(C2/C(=C(/O)c3ccc(OC)c(C(C)(C)C)c3)C(=O)C(=O)N2c2cccc(C)c2)cc1. The number of amides is 1. The van der Waals surface area contributed by atoms with Gasteiger partial charge in [-0.25, -0.2) is 0 Å². The Hall–Kier alpha value is -4.06. The molecule has 1 aliphatic heterocycles. The van der Waals surface area contributed by atoms with Crippen LogP contribution in [0.4, 0.5) is 5.69 Å². The van der Waals surface area contributed by atoms with Crippen molar-refractivity contribution in [2.45, 2.75) is 46.1 Å². The quantitative estimate of drug-likeness (QED) is 0.244. The van der Waals surface area contributed by atoms with Crippen molar-refractivity contribution in [2.75, 3.05) is 18.6 Å². The summed E-state index contributed by atoms with van der Waals surface area (Å²) in [6.45, 7) is 10.5. The number of hydrogen-bond donors (Lipinski definition) is 1. The van der Waals surface area contributed by atoms with Gasteiger partial charge in [0.2, 0.25) is 0 Å². The summed E-state index contributed by atoms with van der Waals surface area (Å²) in [7, 11) is 1.60. The Balaban J connectivity index is 1.94. The highest BCUT2D eigenvalue weighted by Crippen LogP contribution is 2.43. The molecule has 3 aromatic carbocycles. The number of carbonyl (C=O) groups is 2. The third-order valence-electron chi connectivity index (χ3n) is 6.51. The van der Waals surface area contributed by atoms with Crippen LogP contribution < -0.4 is 14.4 Å². The normalized spacial score (nSPS) is 17.2. The molecule has 1 heterocycles. The Bertz CT molecular complexity index is 1370. The number of aliphatic hydroxyl groups is 1. The van der Waals surface area contributed by atoms with Crippen LogP contribution in [0.1, 0.15) is 56.0 Å². The summed E-state index contributed by atoms with van der Waals surface area (Å²) in [6, 6.07) is 19.2. The van der Waals surface area contributed by atoms with Gasteiger partial charge in [-0.15, -0.1) is 0 Å². The van der Waals surface area contributed by atoms with Crippen molar-refractivity contribution in [1.29, 1.82) is 0 Å². The maximum atomic E-state index is 13.5. The second-order valence-electron chi connectivity index (χ2n) is 10.2. The molecule has 1 aliphatic rings. The minimum Gasteiger partial charge on any atom is -0.507 e. The number of carbonyl (C=O) groups excluding carboxylic acids is 2. The number of anilines is 1. The van der Waals surface area contributed by atoms with Crippen molar-refractivity contribution in [3.63, 3.8) is 0 Å². The lowest BCUT2D eigenvalue weighted by Gasteiger charge is -2.26. The first-order valence-electron chi connectivity index (χ1n) is 12.4. The van der Waals surface area contributed by atoms with Crippen molar-refractivity contribution >= 4 is 23.1 Å². The highest BCUT2D eigenvalue weighted by Gasteiger charge is 2.47. The fourth-order valence-corrected chi connectivity index (χ4v) is 4.70. The molecular formula is C31H33NO5. The van der Waals surface area contributed by atoms with E-state index in [0.29, 0.717) is 34.9 Å². The van der Waals surface area contributed by atoms with Crippen LogP contribution in [0, 0.1) is 6.92 Å². The van der Waals surface area contributed by atoms with Gasteiger partial charge in [0.15, 0.2) is 0 Å². The van der Waals surface area contributed by atoms with Gasteiger partial charge in [0.05, 0.1) is 25.3 Å². The topological polar surface area (TPSA) is 76.1 Å². The molecule has 0 radical (unpaired) electrons. The van der Waals surface area contributed by atoms with E-state index < -0.39 is 17.7 Å². The Morgan fingerprint density at radius 2 is 1.70 bits per heavy atom. The van der Waals surface area contributed by atoms with Gasteiger partial charge < -0.3 is 14.6 Å². The van der Waals surface area contributed by atoms with Crippen LogP contribution in [0.2, 0.25) is 0 Å². The minimum absolute atomic E-state index is 0.0423. The summed E-state index contributed by atoms with van der Waals surface area (Å²) in [4.78, 5) is 28.4. The minimum atomic E-state index is -0.808. The van der Waals surface area contributed by atoms with Gasteiger partial charge in [-0.3, -0.25) is 14.5 Å². The molecule has 3 aromatic rings. The number of hydrogen-bond acceptors (Lipinski definition) is 5. The second-order valence-corrected chi connectivity index (χ2v) is 10.2. The number of benzene rings is 3. The number of ketones is 1. The van der Waals surface area contributed by atoms with Crippen LogP contribution in [0.25, 0.3) is 5.76 Å². The standard InChI is InChI=1S/C31H33NO5/c1-7-37-23-14-11-20(12-15-23)27-26(29(34)30(35)32(27)22-10-8-9-19(2)17-22)28(33)21-13-16-25(36-6)24(18-21)31(3,4)5/h8-18,27,33H,7H2,1-6H3/b28-26-. The molecule has 1 unspecified atom stereocenters. The van der Waals surface area contributed by atoms with Crippen LogP contribution in [-0.2, 0) is 15.0 Å². The zero-order valence-electron chi connectivity index (χ0n) is 22.2. The Labute approximate surface area is 218 Å². The molecule has 1 atom stereocenters. The van der Waals surface area contributed by atoms with Gasteiger partial charge in [0, 0.05) is 16.8 Å². The third-order valence-corrected chi connectivity index (χ3v) is 6.51. The fraction of sp³-hybridized carbons (Fsp3) is 0.290. The number of Topliss-reactive ketones (excluding diaryl/α,β-unsaturated/α-hetero) is 1. The lowest BCUT2D eigenvalue weighted by Crippen LogP contribution is -2.29. The van der Waals surface area contributed by atoms with E-state index in [1.165, 1.54) is 4.90 Å². The average Bonchev–Trinajstić information content (AvgIpc) is 3.13.